The lowest BCUT2D eigenvalue weighted by Crippen LogP contribution is -2.16. The predicted octanol–water partition coefficient (Wildman–Crippen LogP) is 2.47. The van der Waals surface area contributed by atoms with Gasteiger partial charge in [-0.25, -0.2) is 0 Å². The summed E-state index contributed by atoms with van der Waals surface area (Å²) in [7, 11) is 3.85. The van der Waals surface area contributed by atoms with E-state index in [1.807, 2.05) is 25.1 Å². The minimum absolute atomic E-state index is 0.00573. The second-order valence-electron chi connectivity index (χ2n) is 4.35. The molecule has 0 aromatic heterocycles. The normalized spacial score (nSPS) is 10.2. The largest absolute Gasteiger partial charge is 0.376 e. The van der Waals surface area contributed by atoms with Crippen molar-refractivity contribution in [1.82, 2.24) is 0 Å². The molecular weight excluding hydrogens is 250 g/mol. The first-order chi connectivity index (χ1) is 8.54. The van der Waals surface area contributed by atoms with Crippen molar-refractivity contribution < 1.29 is 4.79 Å². The third kappa shape index (κ3) is 4.55. The number of carbonyl (C=O) groups excluding carboxylic acids is 1. The van der Waals surface area contributed by atoms with Crippen LogP contribution in [0, 0.1) is 0 Å². The van der Waals surface area contributed by atoms with E-state index < -0.39 is 0 Å². The topological polar surface area (TPSA) is 58.4 Å². The van der Waals surface area contributed by atoms with E-state index in [9.17, 15) is 4.79 Å². The molecule has 0 aliphatic rings. The molecule has 5 heteroatoms. The van der Waals surface area contributed by atoms with Crippen molar-refractivity contribution in [2.24, 2.45) is 5.73 Å². The van der Waals surface area contributed by atoms with Gasteiger partial charge in [-0.1, -0.05) is 11.6 Å². The monoisotopic (exact) mass is 269 g/mol. The molecule has 0 saturated heterocycles. The molecule has 4 nitrogen and oxygen atoms in total. The fourth-order valence-electron chi connectivity index (χ4n) is 1.64. The van der Waals surface area contributed by atoms with Gasteiger partial charge >= 0.3 is 0 Å². The molecule has 0 spiro atoms. The van der Waals surface area contributed by atoms with Gasteiger partial charge in [0.1, 0.15) is 0 Å². The third-order valence-electron chi connectivity index (χ3n) is 2.57. The second-order valence-corrected chi connectivity index (χ2v) is 4.79. The third-order valence-corrected chi connectivity index (χ3v) is 2.81. The highest BCUT2D eigenvalue weighted by atomic mass is 35.5. The molecule has 1 aromatic carbocycles. The summed E-state index contributed by atoms with van der Waals surface area (Å²) in [5.41, 5.74) is 7.07. The number of hydrogen-bond donors (Lipinski definition) is 2. The lowest BCUT2D eigenvalue weighted by molar-refractivity contribution is -0.116. The van der Waals surface area contributed by atoms with Crippen molar-refractivity contribution in [2.75, 3.05) is 30.9 Å². The van der Waals surface area contributed by atoms with E-state index in [4.69, 9.17) is 17.3 Å². The molecule has 1 aromatic rings. The van der Waals surface area contributed by atoms with Crippen molar-refractivity contribution in [2.45, 2.75) is 19.3 Å². The molecule has 0 radical (unpaired) electrons. The summed E-state index contributed by atoms with van der Waals surface area (Å²) >= 11 is 5.95. The van der Waals surface area contributed by atoms with Gasteiger partial charge in [0.25, 0.3) is 0 Å². The summed E-state index contributed by atoms with van der Waals surface area (Å²) in [6.45, 7) is 0.618. The SMILES string of the molecule is CN(C)c1ccc(Cl)cc1NC(=O)CCCCN. The molecule has 0 atom stereocenters. The number of hydrogen-bond acceptors (Lipinski definition) is 3. The van der Waals surface area contributed by atoms with E-state index in [0.29, 0.717) is 18.0 Å². The van der Waals surface area contributed by atoms with Crippen LogP contribution in [0.4, 0.5) is 11.4 Å². The number of carbonyl (C=O) groups is 1. The van der Waals surface area contributed by atoms with Gasteiger partial charge in [-0.2, -0.15) is 0 Å². The summed E-state index contributed by atoms with van der Waals surface area (Å²) < 4.78 is 0. The molecule has 3 N–H and O–H groups in total. The standard InChI is InChI=1S/C13H20ClN3O/c1-17(2)12-7-6-10(14)9-11(12)16-13(18)5-3-4-8-15/h6-7,9H,3-5,8,15H2,1-2H3,(H,16,18). The second kappa shape index (κ2) is 7.24. The van der Waals surface area contributed by atoms with E-state index in [2.05, 4.69) is 5.32 Å². The molecular formula is C13H20ClN3O. The minimum Gasteiger partial charge on any atom is -0.376 e. The molecule has 0 heterocycles. The first kappa shape index (κ1) is 14.8. The summed E-state index contributed by atoms with van der Waals surface area (Å²) in [6.07, 6.45) is 2.15. The van der Waals surface area contributed by atoms with Crippen LogP contribution in [-0.4, -0.2) is 26.5 Å². The van der Waals surface area contributed by atoms with Crippen molar-refractivity contribution in [1.29, 1.82) is 0 Å². The minimum atomic E-state index is -0.00573. The molecule has 18 heavy (non-hydrogen) atoms. The van der Waals surface area contributed by atoms with Gasteiger partial charge in [-0.3, -0.25) is 4.79 Å². The van der Waals surface area contributed by atoms with E-state index in [1.165, 1.54) is 0 Å². The van der Waals surface area contributed by atoms with Crippen LogP contribution in [0.1, 0.15) is 19.3 Å². The van der Waals surface area contributed by atoms with Crippen LogP contribution >= 0.6 is 11.6 Å². The zero-order chi connectivity index (χ0) is 13.5. The lowest BCUT2D eigenvalue weighted by Gasteiger charge is -2.18. The van der Waals surface area contributed by atoms with Crippen LogP contribution in [0.5, 0.6) is 0 Å². The highest BCUT2D eigenvalue weighted by Crippen LogP contribution is 2.27. The van der Waals surface area contributed by atoms with Crippen molar-refractivity contribution >= 4 is 28.9 Å². The van der Waals surface area contributed by atoms with Gasteiger partial charge < -0.3 is 16.0 Å². The maximum absolute atomic E-state index is 11.8. The van der Waals surface area contributed by atoms with Gasteiger partial charge in [-0.15, -0.1) is 0 Å². The molecule has 0 fully saturated rings. The van der Waals surface area contributed by atoms with E-state index in [1.54, 1.807) is 12.1 Å². The zero-order valence-electron chi connectivity index (χ0n) is 10.9. The highest BCUT2D eigenvalue weighted by molar-refractivity contribution is 6.31. The Morgan fingerprint density at radius 3 is 2.72 bits per heavy atom. The average Bonchev–Trinajstić information content (AvgIpc) is 2.29. The summed E-state index contributed by atoms with van der Waals surface area (Å²) in [5, 5.41) is 3.49. The molecule has 0 bridgehead atoms. The van der Waals surface area contributed by atoms with E-state index in [-0.39, 0.29) is 5.91 Å². The van der Waals surface area contributed by atoms with E-state index in [0.717, 1.165) is 24.2 Å². The first-order valence-electron chi connectivity index (χ1n) is 6.01. The molecule has 0 aliphatic carbocycles. The zero-order valence-corrected chi connectivity index (χ0v) is 11.6. The lowest BCUT2D eigenvalue weighted by atomic mass is 10.2. The van der Waals surface area contributed by atoms with Crippen LogP contribution < -0.4 is 16.0 Å². The Kier molecular flexibility index (Phi) is 5.95. The van der Waals surface area contributed by atoms with Crippen LogP contribution in [0.2, 0.25) is 5.02 Å². The smallest absolute Gasteiger partial charge is 0.224 e. The van der Waals surface area contributed by atoms with Crippen LogP contribution in [-0.2, 0) is 4.79 Å². The Bertz CT molecular complexity index is 407. The van der Waals surface area contributed by atoms with Crippen LogP contribution in [0.25, 0.3) is 0 Å². The Morgan fingerprint density at radius 2 is 2.11 bits per heavy atom. The van der Waals surface area contributed by atoms with Gasteiger partial charge in [0.15, 0.2) is 0 Å². The number of nitrogens with two attached hydrogens (primary N) is 1. The number of unbranched alkanes of at least 4 members (excludes halogenated alkanes) is 1. The average molecular weight is 270 g/mol. The Hall–Kier alpha value is -1.26. The van der Waals surface area contributed by atoms with Crippen molar-refractivity contribution in [3.63, 3.8) is 0 Å². The number of rotatable bonds is 6. The van der Waals surface area contributed by atoms with Crippen molar-refractivity contribution in [3.05, 3.63) is 23.2 Å². The summed E-state index contributed by atoms with van der Waals surface area (Å²) in [6, 6.07) is 5.45. The Morgan fingerprint density at radius 1 is 1.39 bits per heavy atom. The molecule has 0 unspecified atom stereocenters. The predicted molar refractivity (Wildman–Crippen MR) is 77.3 cm³/mol. The van der Waals surface area contributed by atoms with Crippen molar-refractivity contribution in [3.8, 4) is 0 Å². The Balaban J connectivity index is 2.70. The molecule has 1 amide bonds. The fourth-order valence-corrected chi connectivity index (χ4v) is 1.81. The number of benzene rings is 1. The first-order valence-corrected chi connectivity index (χ1v) is 6.39. The Labute approximate surface area is 113 Å². The summed E-state index contributed by atoms with van der Waals surface area (Å²) in [4.78, 5) is 13.7. The number of nitrogens with one attached hydrogen (secondary N) is 1. The van der Waals surface area contributed by atoms with Gasteiger partial charge in [0.05, 0.1) is 11.4 Å². The molecule has 1 rings (SSSR count). The maximum atomic E-state index is 11.8. The number of amides is 1. The fraction of sp³-hybridized carbons (Fsp3) is 0.462. The number of anilines is 2. The number of nitrogens with zero attached hydrogens (tertiary/aromatic N) is 1. The van der Waals surface area contributed by atoms with E-state index >= 15 is 0 Å². The quantitative estimate of drug-likeness (QED) is 0.780. The molecule has 0 saturated carbocycles. The summed E-state index contributed by atoms with van der Waals surface area (Å²) in [5.74, 6) is -0.00573. The van der Waals surface area contributed by atoms with Gasteiger partial charge in [-0.05, 0) is 37.6 Å². The van der Waals surface area contributed by atoms with Crippen LogP contribution in [0.3, 0.4) is 0 Å². The molecule has 100 valence electrons. The number of halogens is 1. The molecule has 0 aliphatic heterocycles. The van der Waals surface area contributed by atoms with Gasteiger partial charge in [0.2, 0.25) is 5.91 Å². The maximum Gasteiger partial charge on any atom is 0.224 e. The van der Waals surface area contributed by atoms with Crippen LogP contribution in [0.15, 0.2) is 18.2 Å². The van der Waals surface area contributed by atoms with Gasteiger partial charge in [0, 0.05) is 25.5 Å². The highest BCUT2D eigenvalue weighted by Gasteiger charge is 2.08.